The Balaban J connectivity index is 2.33. The highest BCUT2D eigenvalue weighted by Gasteiger charge is 2.44. The molecule has 1 nitrogen and oxygen atoms in total. The molecule has 0 heterocycles. The Bertz CT molecular complexity index is 217. The maximum absolute atomic E-state index is 11.5. The summed E-state index contributed by atoms with van der Waals surface area (Å²) in [5.41, 5.74) is 0.0226. The molecular weight excluding hydrogens is 136 g/mol. The molecule has 0 unspecified atom stereocenters. The Labute approximate surface area is 67.5 Å². The Kier molecular flexibility index (Phi) is 1.41. The lowest BCUT2D eigenvalue weighted by Crippen LogP contribution is -2.29. The summed E-state index contributed by atoms with van der Waals surface area (Å²) in [5, 5.41) is 0. The summed E-state index contributed by atoms with van der Waals surface area (Å²) in [6.45, 7) is 2.14. The number of allylic oxidation sites excluding steroid dienone is 2. The fourth-order valence-electron chi connectivity index (χ4n) is 2.37. The molecular formula is C10H14O. The molecule has 2 aliphatic carbocycles. The van der Waals surface area contributed by atoms with Crippen molar-refractivity contribution < 1.29 is 4.79 Å². The summed E-state index contributed by atoms with van der Waals surface area (Å²) >= 11 is 0. The molecule has 0 amide bonds. The van der Waals surface area contributed by atoms with Gasteiger partial charge in [0.25, 0.3) is 0 Å². The average Bonchev–Trinajstić information content (AvgIpc) is 2.29. The van der Waals surface area contributed by atoms with Gasteiger partial charge >= 0.3 is 0 Å². The summed E-state index contributed by atoms with van der Waals surface area (Å²) in [4.78, 5) is 11.5. The third kappa shape index (κ3) is 0.867. The van der Waals surface area contributed by atoms with Crippen LogP contribution in [0.1, 0.15) is 32.6 Å². The summed E-state index contributed by atoms with van der Waals surface area (Å²) in [6, 6.07) is 0. The summed E-state index contributed by atoms with van der Waals surface area (Å²) in [6.07, 6.45) is 8.54. The Morgan fingerprint density at radius 3 is 3.18 bits per heavy atom. The van der Waals surface area contributed by atoms with Crippen molar-refractivity contribution in [2.75, 3.05) is 0 Å². The predicted octanol–water partition coefficient (Wildman–Crippen LogP) is 2.32. The van der Waals surface area contributed by atoms with Crippen LogP contribution in [0.4, 0.5) is 0 Å². The van der Waals surface area contributed by atoms with E-state index in [9.17, 15) is 4.79 Å². The van der Waals surface area contributed by atoms with E-state index in [4.69, 9.17) is 0 Å². The van der Waals surface area contributed by atoms with Crippen LogP contribution < -0.4 is 0 Å². The lowest BCUT2D eigenvalue weighted by Gasteiger charge is -2.30. The third-order valence-electron chi connectivity index (χ3n) is 3.34. The van der Waals surface area contributed by atoms with Gasteiger partial charge in [0.05, 0.1) is 0 Å². The van der Waals surface area contributed by atoms with E-state index in [1.165, 1.54) is 0 Å². The van der Waals surface area contributed by atoms with Gasteiger partial charge in [0, 0.05) is 11.8 Å². The van der Waals surface area contributed by atoms with Crippen molar-refractivity contribution in [2.45, 2.75) is 32.6 Å². The van der Waals surface area contributed by atoms with Gasteiger partial charge in [-0.3, -0.25) is 4.79 Å². The highest BCUT2D eigenvalue weighted by Crippen LogP contribution is 2.46. The van der Waals surface area contributed by atoms with Crippen LogP contribution in [-0.4, -0.2) is 5.78 Å². The van der Waals surface area contributed by atoms with Gasteiger partial charge in [0.1, 0.15) is 5.78 Å². The van der Waals surface area contributed by atoms with Crippen LogP contribution in [0, 0.1) is 11.3 Å². The first kappa shape index (κ1) is 7.08. The van der Waals surface area contributed by atoms with Crippen LogP contribution >= 0.6 is 0 Å². The smallest absolute Gasteiger partial charge is 0.139 e. The van der Waals surface area contributed by atoms with E-state index in [1.54, 1.807) is 0 Å². The van der Waals surface area contributed by atoms with E-state index in [0.29, 0.717) is 11.7 Å². The predicted molar refractivity (Wildman–Crippen MR) is 44.2 cm³/mol. The molecule has 0 spiro atoms. The van der Waals surface area contributed by atoms with Crippen LogP contribution in [0.2, 0.25) is 0 Å². The zero-order valence-electron chi connectivity index (χ0n) is 6.97. The fraction of sp³-hybridized carbons (Fsp3) is 0.700. The highest BCUT2D eigenvalue weighted by molar-refractivity contribution is 5.87. The van der Waals surface area contributed by atoms with Gasteiger partial charge in [-0.25, -0.2) is 0 Å². The van der Waals surface area contributed by atoms with E-state index in [2.05, 4.69) is 19.1 Å². The summed E-state index contributed by atoms with van der Waals surface area (Å²) in [7, 11) is 0. The van der Waals surface area contributed by atoms with Crippen LogP contribution in [-0.2, 0) is 4.79 Å². The van der Waals surface area contributed by atoms with Gasteiger partial charge in [-0.15, -0.1) is 0 Å². The zero-order chi connectivity index (χ0) is 7.90. The standard InChI is InChI=1S/C10H14O/c1-10-7-3-2-4-8(10)5-6-9(10)11/h2,4,8H,3,5-7H2,1H3/t8-,10+/m1/s1. The van der Waals surface area contributed by atoms with E-state index < -0.39 is 0 Å². The number of fused-ring (bicyclic) bond motifs is 1. The van der Waals surface area contributed by atoms with Crippen molar-refractivity contribution in [3.63, 3.8) is 0 Å². The largest absolute Gasteiger partial charge is 0.299 e. The molecule has 0 N–H and O–H groups in total. The topological polar surface area (TPSA) is 17.1 Å². The number of hydrogen-bond donors (Lipinski definition) is 0. The van der Waals surface area contributed by atoms with Crippen molar-refractivity contribution in [1.29, 1.82) is 0 Å². The van der Waals surface area contributed by atoms with Crippen LogP contribution in [0.15, 0.2) is 12.2 Å². The summed E-state index contributed by atoms with van der Waals surface area (Å²) in [5.74, 6) is 1.05. The van der Waals surface area contributed by atoms with Crippen molar-refractivity contribution in [1.82, 2.24) is 0 Å². The second kappa shape index (κ2) is 2.20. The SMILES string of the molecule is C[C@]12CCC=C[C@@H]1CCC2=O. The van der Waals surface area contributed by atoms with Crippen molar-refractivity contribution in [2.24, 2.45) is 11.3 Å². The number of hydrogen-bond acceptors (Lipinski definition) is 1. The first-order valence-corrected chi connectivity index (χ1v) is 4.43. The lowest BCUT2D eigenvalue weighted by molar-refractivity contribution is -0.126. The van der Waals surface area contributed by atoms with Crippen molar-refractivity contribution in [3.05, 3.63) is 12.2 Å². The van der Waals surface area contributed by atoms with Gasteiger partial charge in [-0.1, -0.05) is 19.1 Å². The normalized spacial score (nSPS) is 42.6. The minimum atomic E-state index is 0.0226. The maximum atomic E-state index is 11.5. The number of carbonyl (C=O) groups excluding carboxylic acids is 1. The van der Waals surface area contributed by atoms with Gasteiger partial charge in [0.2, 0.25) is 0 Å². The molecule has 11 heavy (non-hydrogen) atoms. The minimum absolute atomic E-state index is 0.0226. The maximum Gasteiger partial charge on any atom is 0.139 e. The van der Waals surface area contributed by atoms with Crippen molar-refractivity contribution in [3.8, 4) is 0 Å². The monoisotopic (exact) mass is 150 g/mol. The first-order valence-electron chi connectivity index (χ1n) is 4.43. The number of ketones is 1. The molecule has 60 valence electrons. The molecule has 1 fully saturated rings. The fourth-order valence-corrected chi connectivity index (χ4v) is 2.37. The molecule has 2 atom stereocenters. The molecule has 0 aromatic heterocycles. The Morgan fingerprint density at radius 1 is 1.64 bits per heavy atom. The number of rotatable bonds is 0. The molecule has 1 saturated carbocycles. The van der Waals surface area contributed by atoms with Crippen LogP contribution in [0.3, 0.4) is 0 Å². The molecule has 0 radical (unpaired) electrons. The molecule has 2 aliphatic rings. The molecule has 0 aromatic carbocycles. The first-order chi connectivity index (χ1) is 5.23. The van der Waals surface area contributed by atoms with E-state index >= 15 is 0 Å². The Hall–Kier alpha value is -0.590. The quantitative estimate of drug-likeness (QED) is 0.484. The van der Waals surface area contributed by atoms with Crippen LogP contribution in [0.25, 0.3) is 0 Å². The van der Waals surface area contributed by atoms with Crippen molar-refractivity contribution >= 4 is 5.78 Å². The Morgan fingerprint density at radius 2 is 2.45 bits per heavy atom. The van der Waals surface area contributed by atoms with Crippen LogP contribution in [0.5, 0.6) is 0 Å². The van der Waals surface area contributed by atoms with Gasteiger partial charge < -0.3 is 0 Å². The zero-order valence-corrected chi connectivity index (χ0v) is 6.97. The lowest BCUT2D eigenvalue weighted by atomic mass is 9.72. The van der Waals surface area contributed by atoms with E-state index in [1.807, 2.05) is 0 Å². The summed E-state index contributed by atoms with van der Waals surface area (Å²) < 4.78 is 0. The molecule has 2 rings (SSSR count). The molecule has 0 aliphatic heterocycles. The second-order valence-electron chi connectivity index (χ2n) is 3.95. The average molecular weight is 150 g/mol. The van der Waals surface area contributed by atoms with E-state index in [0.717, 1.165) is 25.7 Å². The van der Waals surface area contributed by atoms with E-state index in [-0.39, 0.29) is 5.41 Å². The van der Waals surface area contributed by atoms with Gasteiger partial charge in [-0.2, -0.15) is 0 Å². The minimum Gasteiger partial charge on any atom is -0.299 e. The second-order valence-corrected chi connectivity index (χ2v) is 3.95. The molecule has 0 bridgehead atoms. The third-order valence-corrected chi connectivity index (χ3v) is 3.34. The van der Waals surface area contributed by atoms with Gasteiger partial charge in [-0.05, 0) is 25.2 Å². The number of carbonyl (C=O) groups is 1. The van der Waals surface area contributed by atoms with Gasteiger partial charge in [0.15, 0.2) is 0 Å². The molecule has 1 heteroatoms. The highest BCUT2D eigenvalue weighted by atomic mass is 16.1. The molecule has 0 aromatic rings. The molecule has 0 saturated heterocycles. The number of Topliss-reactive ketones (excluding diaryl/α,β-unsaturated/α-hetero) is 1.